The molecule has 1 aliphatic heterocycles. The number of anilines is 2. The minimum absolute atomic E-state index is 0.149. The third kappa shape index (κ3) is 1.86. The van der Waals surface area contributed by atoms with Crippen molar-refractivity contribution < 1.29 is 18.0 Å². The molecular weight excluding hydrogens is 257 g/mol. The van der Waals surface area contributed by atoms with Gasteiger partial charge < -0.3 is 10.6 Å². The van der Waals surface area contributed by atoms with Gasteiger partial charge in [-0.3, -0.25) is 4.79 Å². The Morgan fingerprint density at radius 3 is 2.53 bits per heavy atom. The number of nitrogens with one attached hydrogen (secondary N) is 2. The second kappa shape index (κ2) is 3.88. The monoisotopic (exact) mass is 270 g/mol. The summed E-state index contributed by atoms with van der Waals surface area (Å²) in [5.41, 5.74) is -1.15. The first kappa shape index (κ1) is 12.3. The van der Waals surface area contributed by atoms with Crippen molar-refractivity contribution in [2.75, 3.05) is 17.2 Å². The van der Waals surface area contributed by atoms with Crippen molar-refractivity contribution in [1.82, 2.24) is 0 Å². The van der Waals surface area contributed by atoms with Crippen LogP contribution in [0, 0.1) is 5.41 Å². The van der Waals surface area contributed by atoms with E-state index in [9.17, 15) is 18.0 Å². The molecular formula is C13H13F3N2O. The quantitative estimate of drug-likeness (QED) is 0.760. The lowest BCUT2D eigenvalue weighted by molar-refractivity contribution is -0.137. The summed E-state index contributed by atoms with van der Waals surface area (Å²) in [6.45, 7) is 0.396. The normalized spacial score (nSPS) is 20.9. The first-order chi connectivity index (χ1) is 8.92. The lowest BCUT2D eigenvalue weighted by Crippen LogP contribution is -2.45. The Balaban J connectivity index is 2.04. The Morgan fingerprint density at radius 2 is 1.95 bits per heavy atom. The highest BCUT2D eigenvalue weighted by Gasteiger charge is 2.46. The van der Waals surface area contributed by atoms with Gasteiger partial charge in [-0.25, -0.2) is 0 Å². The molecule has 0 atom stereocenters. The average Bonchev–Trinajstić information content (AvgIpc) is 2.42. The molecule has 1 heterocycles. The smallest absolute Gasteiger partial charge is 0.382 e. The van der Waals surface area contributed by atoms with Gasteiger partial charge in [0.25, 0.3) is 0 Å². The number of benzene rings is 1. The molecule has 3 nitrogen and oxygen atoms in total. The zero-order valence-corrected chi connectivity index (χ0v) is 10.1. The van der Waals surface area contributed by atoms with Crippen LogP contribution in [-0.4, -0.2) is 12.5 Å². The minimum Gasteiger partial charge on any atom is -0.382 e. The fourth-order valence-corrected chi connectivity index (χ4v) is 2.67. The van der Waals surface area contributed by atoms with Gasteiger partial charge in [-0.15, -0.1) is 0 Å². The third-order valence-corrected chi connectivity index (χ3v) is 4.02. The van der Waals surface area contributed by atoms with E-state index >= 15 is 0 Å². The maximum atomic E-state index is 12.9. The summed E-state index contributed by atoms with van der Waals surface area (Å²) in [6.07, 6.45) is -2.09. The van der Waals surface area contributed by atoms with Crippen LogP contribution in [0.5, 0.6) is 0 Å². The molecule has 19 heavy (non-hydrogen) atoms. The fraction of sp³-hybridized carbons (Fsp3) is 0.462. The van der Waals surface area contributed by atoms with Crippen molar-refractivity contribution in [1.29, 1.82) is 0 Å². The van der Waals surface area contributed by atoms with E-state index < -0.39 is 17.2 Å². The SMILES string of the molecule is O=C1Nc2c(cccc2C(F)(F)F)NCC12CCC2. The number of hydrogen-bond donors (Lipinski definition) is 2. The molecule has 1 fully saturated rings. The van der Waals surface area contributed by atoms with E-state index in [0.717, 1.165) is 25.3 Å². The molecule has 1 aromatic carbocycles. The summed E-state index contributed by atoms with van der Waals surface area (Å²) in [5.74, 6) is -0.304. The largest absolute Gasteiger partial charge is 0.418 e. The predicted molar refractivity (Wildman–Crippen MR) is 64.8 cm³/mol. The lowest BCUT2D eigenvalue weighted by atomic mass is 9.68. The zero-order chi connectivity index (χ0) is 13.7. The summed E-state index contributed by atoms with van der Waals surface area (Å²) >= 11 is 0. The summed E-state index contributed by atoms with van der Waals surface area (Å²) in [6, 6.07) is 3.89. The number of fused-ring (bicyclic) bond motifs is 1. The summed E-state index contributed by atoms with van der Waals surface area (Å²) in [5, 5.41) is 5.45. The van der Waals surface area contributed by atoms with Crippen molar-refractivity contribution in [3.8, 4) is 0 Å². The second-order valence-corrected chi connectivity index (χ2v) is 5.17. The molecule has 6 heteroatoms. The van der Waals surface area contributed by atoms with E-state index in [1.807, 2.05) is 0 Å². The number of carbonyl (C=O) groups excluding carboxylic acids is 1. The second-order valence-electron chi connectivity index (χ2n) is 5.17. The number of para-hydroxylation sites is 1. The van der Waals surface area contributed by atoms with Crippen LogP contribution in [0.3, 0.4) is 0 Å². The first-order valence-electron chi connectivity index (χ1n) is 6.18. The van der Waals surface area contributed by atoms with Crippen molar-refractivity contribution in [2.45, 2.75) is 25.4 Å². The Hall–Kier alpha value is -1.72. The Bertz CT molecular complexity index is 535. The highest BCUT2D eigenvalue weighted by Crippen LogP contribution is 2.46. The number of halogens is 3. The van der Waals surface area contributed by atoms with Gasteiger partial charge >= 0.3 is 6.18 Å². The maximum Gasteiger partial charge on any atom is 0.418 e. The van der Waals surface area contributed by atoms with E-state index in [1.165, 1.54) is 6.07 Å². The maximum absolute atomic E-state index is 12.9. The van der Waals surface area contributed by atoms with Crippen LogP contribution in [-0.2, 0) is 11.0 Å². The highest BCUT2D eigenvalue weighted by atomic mass is 19.4. The van der Waals surface area contributed by atoms with Crippen LogP contribution in [0.1, 0.15) is 24.8 Å². The molecule has 1 saturated carbocycles. The molecule has 0 radical (unpaired) electrons. The standard InChI is InChI=1S/C13H13F3N2O/c14-13(15,16)8-3-1-4-9-10(8)18-11(19)12(7-17-9)5-2-6-12/h1,3-4,17H,2,5-7H2,(H,18,19). The number of amides is 1. The predicted octanol–water partition coefficient (Wildman–Crippen LogP) is 3.24. The molecule has 3 rings (SSSR count). The van der Waals surface area contributed by atoms with Crippen molar-refractivity contribution in [3.63, 3.8) is 0 Å². The Labute approximate surface area is 108 Å². The Morgan fingerprint density at radius 1 is 1.21 bits per heavy atom. The van der Waals surface area contributed by atoms with Gasteiger partial charge in [-0.1, -0.05) is 12.5 Å². The van der Waals surface area contributed by atoms with E-state index in [2.05, 4.69) is 10.6 Å². The zero-order valence-electron chi connectivity index (χ0n) is 10.1. The Kier molecular flexibility index (Phi) is 2.52. The number of rotatable bonds is 0. The minimum atomic E-state index is -4.47. The van der Waals surface area contributed by atoms with Gasteiger partial charge in [0.1, 0.15) is 0 Å². The topological polar surface area (TPSA) is 41.1 Å². The van der Waals surface area contributed by atoms with Gasteiger partial charge in [-0.05, 0) is 25.0 Å². The molecule has 2 aliphatic rings. The van der Waals surface area contributed by atoms with Crippen molar-refractivity contribution >= 4 is 17.3 Å². The molecule has 1 amide bonds. The van der Waals surface area contributed by atoms with Crippen LogP contribution in [0.2, 0.25) is 0 Å². The summed E-state index contributed by atoms with van der Waals surface area (Å²) in [7, 11) is 0. The molecule has 0 aromatic heterocycles. The molecule has 0 saturated heterocycles. The summed E-state index contributed by atoms with van der Waals surface area (Å²) < 4.78 is 38.8. The molecule has 102 valence electrons. The van der Waals surface area contributed by atoms with E-state index in [-0.39, 0.29) is 11.6 Å². The van der Waals surface area contributed by atoms with E-state index in [0.29, 0.717) is 12.2 Å². The number of carbonyl (C=O) groups is 1. The van der Waals surface area contributed by atoms with Gasteiger partial charge in [-0.2, -0.15) is 13.2 Å². The molecule has 0 unspecified atom stereocenters. The van der Waals surface area contributed by atoms with Crippen LogP contribution in [0.15, 0.2) is 18.2 Å². The van der Waals surface area contributed by atoms with Crippen LogP contribution in [0.25, 0.3) is 0 Å². The first-order valence-corrected chi connectivity index (χ1v) is 6.18. The van der Waals surface area contributed by atoms with Gasteiger partial charge in [0.05, 0.1) is 22.4 Å². The van der Waals surface area contributed by atoms with Gasteiger partial charge in [0.15, 0.2) is 0 Å². The lowest BCUT2D eigenvalue weighted by Gasteiger charge is -2.38. The van der Waals surface area contributed by atoms with Crippen LogP contribution < -0.4 is 10.6 Å². The highest BCUT2D eigenvalue weighted by molar-refractivity contribution is 6.01. The van der Waals surface area contributed by atoms with E-state index in [4.69, 9.17) is 0 Å². The van der Waals surface area contributed by atoms with E-state index in [1.54, 1.807) is 6.07 Å². The summed E-state index contributed by atoms with van der Waals surface area (Å²) in [4.78, 5) is 12.1. The molecule has 1 aliphatic carbocycles. The number of alkyl halides is 3. The molecule has 0 bridgehead atoms. The molecule has 1 aromatic rings. The molecule has 2 N–H and O–H groups in total. The van der Waals surface area contributed by atoms with Crippen molar-refractivity contribution in [3.05, 3.63) is 23.8 Å². The van der Waals surface area contributed by atoms with Crippen LogP contribution >= 0.6 is 0 Å². The molecule has 1 spiro atoms. The third-order valence-electron chi connectivity index (χ3n) is 4.02. The number of hydrogen-bond acceptors (Lipinski definition) is 2. The van der Waals surface area contributed by atoms with Crippen molar-refractivity contribution in [2.24, 2.45) is 5.41 Å². The van der Waals surface area contributed by atoms with Gasteiger partial charge in [0.2, 0.25) is 5.91 Å². The van der Waals surface area contributed by atoms with Crippen LogP contribution in [0.4, 0.5) is 24.5 Å². The average molecular weight is 270 g/mol. The fourth-order valence-electron chi connectivity index (χ4n) is 2.67. The van der Waals surface area contributed by atoms with Gasteiger partial charge in [0, 0.05) is 6.54 Å².